The van der Waals surface area contributed by atoms with Gasteiger partial charge in [-0.2, -0.15) is 5.10 Å². The molecule has 0 bridgehead atoms. The Bertz CT molecular complexity index is 1470. The fourth-order valence-electron chi connectivity index (χ4n) is 3.65. The van der Waals surface area contributed by atoms with Crippen molar-refractivity contribution in [2.75, 3.05) is 7.11 Å². The summed E-state index contributed by atoms with van der Waals surface area (Å²) in [5.41, 5.74) is 1.83. The maximum absolute atomic E-state index is 14.6. The van der Waals surface area contributed by atoms with Crippen molar-refractivity contribution in [3.63, 3.8) is 0 Å². The minimum atomic E-state index is -3.92. The fourth-order valence-corrected chi connectivity index (χ4v) is 4.17. The van der Waals surface area contributed by atoms with Gasteiger partial charge in [-0.05, 0) is 35.4 Å². The van der Waals surface area contributed by atoms with Crippen molar-refractivity contribution in [3.05, 3.63) is 89.9 Å². The Hall–Kier alpha value is -4.02. The second-order valence-corrected chi connectivity index (χ2v) is 9.00. The van der Waals surface area contributed by atoms with Gasteiger partial charge in [0, 0.05) is 11.1 Å². The van der Waals surface area contributed by atoms with Crippen LogP contribution in [0.1, 0.15) is 16.1 Å². The van der Waals surface area contributed by atoms with Crippen molar-refractivity contribution in [3.8, 4) is 28.1 Å². The van der Waals surface area contributed by atoms with Crippen LogP contribution in [0.15, 0.2) is 77.7 Å². The number of aromatic nitrogens is 2. The van der Waals surface area contributed by atoms with Crippen LogP contribution in [0.25, 0.3) is 22.4 Å². The first kappa shape index (κ1) is 23.1. The van der Waals surface area contributed by atoms with Gasteiger partial charge >= 0.3 is 5.97 Å². The highest BCUT2D eigenvalue weighted by Gasteiger charge is 2.26. The van der Waals surface area contributed by atoms with Crippen molar-refractivity contribution in [2.45, 2.75) is 11.4 Å². The van der Waals surface area contributed by atoms with E-state index < -0.39 is 21.8 Å². The fraction of sp³-hybridized carbons (Fsp3) is 0.0833. The summed E-state index contributed by atoms with van der Waals surface area (Å²) in [5, 5.41) is 19.8. The molecular weight excluding hydrogens is 461 g/mol. The van der Waals surface area contributed by atoms with Gasteiger partial charge in [0.1, 0.15) is 5.69 Å². The third-order valence-electron chi connectivity index (χ3n) is 5.23. The van der Waals surface area contributed by atoms with Crippen LogP contribution >= 0.6 is 0 Å². The molecule has 0 saturated carbocycles. The Morgan fingerprint density at radius 1 is 1.06 bits per heavy atom. The highest BCUT2D eigenvalue weighted by Crippen LogP contribution is 2.37. The standard InChI is InChI=1S/C24H20FN3O5S/c1-33-20-12-9-17(13-19(20)25)21-22(16-7-10-18(11-8-16)34(26,31)32)27-28(23(21)24(29)30)14-15-5-3-2-4-6-15/h2-13H,14H2,1H3,(H,29,30)(H2,26,31,32). The molecule has 0 unspecified atom stereocenters. The number of carboxylic acid groups (broad SMARTS) is 1. The van der Waals surface area contributed by atoms with Crippen molar-refractivity contribution in [2.24, 2.45) is 5.14 Å². The van der Waals surface area contributed by atoms with E-state index in [-0.39, 0.29) is 39.7 Å². The van der Waals surface area contributed by atoms with Gasteiger partial charge in [-0.15, -0.1) is 0 Å². The topological polar surface area (TPSA) is 125 Å². The molecule has 0 amide bonds. The lowest BCUT2D eigenvalue weighted by Crippen LogP contribution is -2.12. The summed E-state index contributed by atoms with van der Waals surface area (Å²) < 4.78 is 44.2. The molecule has 3 N–H and O–H groups in total. The number of methoxy groups -OCH3 is 1. The molecule has 1 aromatic heterocycles. The lowest BCUT2D eigenvalue weighted by atomic mass is 9.98. The molecule has 4 rings (SSSR count). The number of nitrogens with zero attached hydrogens (tertiary/aromatic N) is 2. The van der Waals surface area contributed by atoms with Crippen LogP contribution in [-0.2, 0) is 16.6 Å². The highest BCUT2D eigenvalue weighted by atomic mass is 32.2. The molecule has 3 aromatic carbocycles. The number of hydrogen-bond acceptors (Lipinski definition) is 5. The predicted molar refractivity (Wildman–Crippen MR) is 123 cm³/mol. The van der Waals surface area contributed by atoms with Crippen LogP contribution in [0.2, 0.25) is 0 Å². The molecule has 4 aromatic rings. The molecule has 1 heterocycles. The first-order valence-electron chi connectivity index (χ1n) is 10.0. The monoisotopic (exact) mass is 481 g/mol. The smallest absolute Gasteiger partial charge is 0.354 e. The molecule has 0 radical (unpaired) electrons. The largest absolute Gasteiger partial charge is 0.494 e. The molecule has 0 fully saturated rings. The van der Waals surface area contributed by atoms with Crippen LogP contribution in [0.4, 0.5) is 4.39 Å². The molecule has 0 atom stereocenters. The summed E-state index contributed by atoms with van der Waals surface area (Å²) in [4.78, 5) is 12.3. The number of aromatic carboxylic acids is 1. The number of sulfonamides is 1. The van der Waals surface area contributed by atoms with Crippen LogP contribution in [0.3, 0.4) is 0 Å². The summed E-state index contributed by atoms with van der Waals surface area (Å²) in [5.74, 6) is -1.90. The summed E-state index contributed by atoms with van der Waals surface area (Å²) in [7, 11) is -2.59. The normalized spacial score (nSPS) is 11.4. The third-order valence-corrected chi connectivity index (χ3v) is 6.16. The minimum absolute atomic E-state index is 0.0105. The SMILES string of the molecule is COc1ccc(-c2c(-c3ccc(S(N)(=O)=O)cc3)nn(Cc3ccccc3)c2C(=O)O)cc1F. The van der Waals surface area contributed by atoms with E-state index >= 15 is 0 Å². The molecule has 34 heavy (non-hydrogen) atoms. The number of primary sulfonamides is 1. The Morgan fingerprint density at radius 3 is 2.26 bits per heavy atom. The maximum Gasteiger partial charge on any atom is 0.354 e. The zero-order valence-electron chi connectivity index (χ0n) is 18.0. The van der Waals surface area contributed by atoms with E-state index in [1.54, 1.807) is 6.07 Å². The number of nitrogens with two attached hydrogens (primary N) is 1. The first-order chi connectivity index (χ1) is 16.2. The lowest BCUT2D eigenvalue weighted by Gasteiger charge is -2.09. The zero-order chi connectivity index (χ0) is 24.5. The van der Waals surface area contributed by atoms with E-state index in [4.69, 9.17) is 9.88 Å². The number of carboxylic acids is 1. The predicted octanol–water partition coefficient (Wildman–Crippen LogP) is 3.76. The molecule has 0 aliphatic heterocycles. The first-order valence-corrected chi connectivity index (χ1v) is 11.6. The van der Waals surface area contributed by atoms with E-state index in [2.05, 4.69) is 5.10 Å². The number of benzene rings is 3. The molecular formula is C24H20FN3O5S. The summed E-state index contributed by atoms with van der Waals surface area (Å²) in [6.07, 6.45) is 0. The second kappa shape index (κ2) is 9.08. The van der Waals surface area contributed by atoms with Crippen LogP contribution in [0.5, 0.6) is 5.75 Å². The number of carbonyl (C=O) groups is 1. The highest BCUT2D eigenvalue weighted by molar-refractivity contribution is 7.89. The molecule has 0 aliphatic rings. The number of hydrogen-bond donors (Lipinski definition) is 2. The Morgan fingerprint density at radius 2 is 1.71 bits per heavy atom. The number of halogens is 1. The molecule has 0 spiro atoms. The van der Waals surface area contributed by atoms with Crippen molar-refractivity contribution in [1.82, 2.24) is 9.78 Å². The molecule has 10 heteroatoms. The summed E-state index contributed by atoms with van der Waals surface area (Å²) >= 11 is 0. The van der Waals surface area contributed by atoms with Gasteiger partial charge in [0.15, 0.2) is 17.3 Å². The average molecular weight is 482 g/mol. The van der Waals surface area contributed by atoms with Crippen LogP contribution in [0, 0.1) is 5.82 Å². The quantitative estimate of drug-likeness (QED) is 0.414. The van der Waals surface area contributed by atoms with Gasteiger partial charge in [0.05, 0.1) is 18.6 Å². The summed E-state index contributed by atoms with van der Waals surface area (Å²) in [6.45, 7) is 0.156. The van der Waals surface area contributed by atoms with Crippen molar-refractivity contribution < 1.29 is 27.4 Å². The van der Waals surface area contributed by atoms with Gasteiger partial charge in [0.25, 0.3) is 0 Å². The van der Waals surface area contributed by atoms with Crippen molar-refractivity contribution >= 4 is 16.0 Å². The van der Waals surface area contributed by atoms with E-state index in [1.165, 1.54) is 48.2 Å². The number of rotatable bonds is 7. The minimum Gasteiger partial charge on any atom is -0.494 e. The maximum atomic E-state index is 14.6. The van der Waals surface area contributed by atoms with E-state index in [9.17, 15) is 22.7 Å². The van der Waals surface area contributed by atoms with Crippen LogP contribution in [-0.4, -0.2) is 36.4 Å². The Kier molecular flexibility index (Phi) is 6.18. The Balaban J connectivity index is 1.96. The molecule has 174 valence electrons. The summed E-state index contributed by atoms with van der Waals surface area (Å²) in [6, 6.07) is 18.8. The number of ether oxygens (including phenoxy) is 1. The molecule has 0 aliphatic carbocycles. The second-order valence-electron chi connectivity index (χ2n) is 7.44. The van der Waals surface area contributed by atoms with Crippen molar-refractivity contribution in [1.29, 1.82) is 0 Å². The molecule has 0 saturated heterocycles. The lowest BCUT2D eigenvalue weighted by molar-refractivity contribution is 0.0685. The Labute approximate surface area is 195 Å². The van der Waals surface area contributed by atoms with Gasteiger partial charge < -0.3 is 9.84 Å². The average Bonchev–Trinajstić information content (AvgIpc) is 3.18. The van der Waals surface area contributed by atoms with Crippen LogP contribution < -0.4 is 9.88 Å². The van der Waals surface area contributed by atoms with E-state index in [1.807, 2.05) is 30.3 Å². The van der Waals surface area contributed by atoms with Gasteiger partial charge in [-0.25, -0.2) is 22.7 Å². The van der Waals surface area contributed by atoms with Gasteiger partial charge in [-0.3, -0.25) is 4.68 Å². The molecule has 8 nitrogen and oxygen atoms in total. The van der Waals surface area contributed by atoms with E-state index in [0.717, 1.165) is 5.56 Å². The zero-order valence-corrected chi connectivity index (χ0v) is 18.8. The van der Waals surface area contributed by atoms with Gasteiger partial charge in [0.2, 0.25) is 10.0 Å². The van der Waals surface area contributed by atoms with Gasteiger partial charge in [-0.1, -0.05) is 48.5 Å². The van der Waals surface area contributed by atoms with E-state index in [0.29, 0.717) is 5.56 Å². The third kappa shape index (κ3) is 4.54.